The molecule has 12 aromatic carbocycles. The van der Waals surface area contributed by atoms with Gasteiger partial charge in [-0.2, -0.15) is 0 Å². The lowest BCUT2D eigenvalue weighted by Crippen LogP contribution is -2.28. The van der Waals surface area contributed by atoms with Gasteiger partial charge in [0.15, 0.2) is 57.6 Å². The van der Waals surface area contributed by atoms with E-state index >= 15 is 0 Å². The van der Waals surface area contributed by atoms with Gasteiger partial charge in [0.25, 0.3) is 11.8 Å². The topological polar surface area (TPSA) is 335 Å². The number of phenols is 12. The number of aromatic hydroxyl groups is 12. The Balaban J connectivity index is 0.000000202. The van der Waals surface area contributed by atoms with Crippen molar-refractivity contribution >= 4 is 66.5 Å². The van der Waals surface area contributed by atoms with Crippen molar-refractivity contribution in [2.24, 2.45) is 0 Å². The highest BCUT2D eigenvalue weighted by atomic mass is 16.3. The molecule has 12 rings (SSSR count). The quantitative estimate of drug-likeness (QED) is 0.0280. The molecule has 2 unspecified atom stereocenters. The molecular formula is C82H74N2O16. The monoisotopic (exact) mass is 1340 g/mol. The Morgan fingerprint density at radius 2 is 0.680 bits per heavy atom. The number of aryl methyl sites for hydroxylation is 5. The SMILES string of the molecule is CCC(CC(=O)c1c(O)c(O)cc2c(O)c(-c3c(C)cc4c(C(=O)NC(CC)c5ccccc5)c(O)c(O)cc4c3O)c(C)cc12)c1ccccc1.Cc1cc2c(C(=O)CCc3ccccc3)c(O)c(O)cc2c(O)c1-c1c(C)cc2c(C(=O)NCc3ccccc3)c(O)c(O)cc2c1O. The van der Waals surface area contributed by atoms with E-state index in [0.717, 1.165) is 40.5 Å². The van der Waals surface area contributed by atoms with Crippen molar-refractivity contribution in [2.45, 2.75) is 92.2 Å². The van der Waals surface area contributed by atoms with Gasteiger partial charge < -0.3 is 71.9 Å². The summed E-state index contributed by atoms with van der Waals surface area (Å²) in [5.41, 5.74) is 5.27. The largest absolute Gasteiger partial charge is 0.507 e. The maximum absolute atomic E-state index is 13.9. The van der Waals surface area contributed by atoms with Crippen LogP contribution in [-0.2, 0) is 13.0 Å². The molecule has 0 saturated heterocycles. The highest BCUT2D eigenvalue weighted by Crippen LogP contribution is 2.54. The molecule has 0 saturated carbocycles. The predicted molar refractivity (Wildman–Crippen MR) is 385 cm³/mol. The lowest BCUT2D eigenvalue weighted by atomic mass is 9.85. The number of hydrogen-bond acceptors (Lipinski definition) is 16. The van der Waals surface area contributed by atoms with Crippen LogP contribution >= 0.6 is 0 Å². The molecule has 18 nitrogen and oxygen atoms in total. The number of phenolic OH excluding ortho intramolecular Hbond substituents is 12. The summed E-state index contributed by atoms with van der Waals surface area (Å²) in [6.45, 7) is 10.7. The first-order valence-electron chi connectivity index (χ1n) is 32.5. The van der Waals surface area contributed by atoms with Gasteiger partial charge >= 0.3 is 0 Å². The molecular weight excluding hydrogens is 1270 g/mol. The summed E-state index contributed by atoms with van der Waals surface area (Å²) in [6.07, 6.45) is 1.70. The zero-order valence-electron chi connectivity index (χ0n) is 55.6. The summed E-state index contributed by atoms with van der Waals surface area (Å²) in [5.74, 6) is -8.71. The fourth-order valence-electron chi connectivity index (χ4n) is 13.6. The van der Waals surface area contributed by atoms with E-state index in [2.05, 4.69) is 10.6 Å². The number of amides is 2. The van der Waals surface area contributed by atoms with Crippen LogP contribution in [0.3, 0.4) is 0 Å². The highest BCUT2D eigenvalue weighted by molar-refractivity contribution is 6.19. The zero-order chi connectivity index (χ0) is 71.7. The zero-order valence-corrected chi connectivity index (χ0v) is 55.6. The average molecular weight is 1340 g/mol. The van der Waals surface area contributed by atoms with E-state index in [0.29, 0.717) is 41.5 Å². The molecule has 100 heavy (non-hydrogen) atoms. The molecule has 2 amide bonds. The minimum absolute atomic E-state index is 0.0415. The van der Waals surface area contributed by atoms with Crippen LogP contribution < -0.4 is 10.6 Å². The molecule has 0 aliphatic heterocycles. The number of hydrogen-bond donors (Lipinski definition) is 14. The summed E-state index contributed by atoms with van der Waals surface area (Å²) in [5, 5.41) is 140. The van der Waals surface area contributed by atoms with E-state index in [1.165, 1.54) is 6.07 Å². The van der Waals surface area contributed by atoms with Crippen molar-refractivity contribution in [3.05, 3.63) is 237 Å². The molecule has 0 radical (unpaired) electrons. The third-order valence-electron chi connectivity index (χ3n) is 18.7. The molecule has 0 aromatic heterocycles. The second-order valence-electron chi connectivity index (χ2n) is 25.1. The number of carbonyl (C=O) groups excluding carboxylic acids is 4. The van der Waals surface area contributed by atoms with E-state index in [9.17, 15) is 80.5 Å². The van der Waals surface area contributed by atoms with Crippen LogP contribution in [0.5, 0.6) is 69.0 Å². The van der Waals surface area contributed by atoms with Crippen molar-refractivity contribution in [3.63, 3.8) is 0 Å². The summed E-state index contributed by atoms with van der Waals surface area (Å²) in [7, 11) is 0. The van der Waals surface area contributed by atoms with Gasteiger partial charge in [0.1, 0.15) is 23.0 Å². The molecule has 2 atom stereocenters. The molecule has 0 spiro atoms. The molecule has 18 heteroatoms. The Labute approximate surface area is 574 Å². The fourth-order valence-corrected chi connectivity index (χ4v) is 13.6. The number of benzene rings is 12. The number of Topliss-reactive ketones (excluding diaryl/α,β-unsaturated/α-hetero) is 2. The van der Waals surface area contributed by atoms with Crippen molar-refractivity contribution in [1.29, 1.82) is 0 Å². The van der Waals surface area contributed by atoms with E-state index < -0.39 is 75.4 Å². The lowest BCUT2D eigenvalue weighted by Gasteiger charge is -2.22. The van der Waals surface area contributed by atoms with Crippen LogP contribution in [-0.4, -0.2) is 84.7 Å². The molecule has 0 aliphatic carbocycles. The summed E-state index contributed by atoms with van der Waals surface area (Å²) in [4.78, 5) is 54.4. The van der Waals surface area contributed by atoms with Gasteiger partial charge in [-0.05, 0) is 146 Å². The molecule has 12 aromatic rings. The highest BCUT2D eigenvalue weighted by Gasteiger charge is 2.32. The van der Waals surface area contributed by atoms with E-state index in [4.69, 9.17) is 0 Å². The third kappa shape index (κ3) is 12.9. The van der Waals surface area contributed by atoms with E-state index in [-0.39, 0.29) is 136 Å². The molecule has 0 heterocycles. The Morgan fingerprint density at radius 1 is 0.350 bits per heavy atom. The molecule has 508 valence electrons. The van der Waals surface area contributed by atoms with E-state index in [1.807, 2.05) is 135 Å². The van der Waals surface area contributed by atoms with Gasteiger partial charge in [-0.25, -0.2) is 0 Å². The normalized spacial score (nSPS) is 11.9. The second-order valence-corrected chi connectivity index (χ2v) is 25.1. The van der Waals surface area contributed by atoms with Gasteiger partial charge in [-0.15, -0.1) is 0 Å². The van der Waals surface area contributed by atoms with Crippen molar-refractivity contribution < 1.29 is 80.5 Å². The molecule has 0 bridgehead atoms. The Bertz CT molecular complexity index is 4930. The van der Waals surface area contributed by atoms with Gasteiger partial charge in [0.2, 0.25) is 0 Å². The number of carbonyl (C=O) groups is 4. The van der Waals surface area contributed by atoms with E-state index in [1.54, 1.807) is 52.0 Å². The van der Waals surface area contributed by atoms with Crippen molar-refractivity contribution in [2.75, 3.05) is 0 Å². The minimum atomic E-state index is -0.673. The van der Waals surface area contributed by atoms with Crippen molar-refractivity contribution in [3.8, 4) is 91.2 Å². The molecule has 0 aliphatic rings. The smallest absolute Gasteiger partial charge is 0.256 e. The molecule has 0 fully saturated rings. The first-order chi connectivity index (χ1) is 47.8. The third-order valence-corrected chi connectivity index (χ3v) is 18.7. The first-order valence-corrected chi connectivity index (χ1v) is 32.5. The Hall–Kier alpha value is -12.4. The van der Waals surface area contributed by atoms with Gasteiger partial charge in [-0.1, -0.05) is 135 Å². The summed E-state index contributed by atoms with van der Waals surface area (Å²) >= 11 is 0. The molecule has 14 N–H and O–H groups in total. The van der Waals surface area contributed by atoms with Crippen LogP contribution in [0.4, 0.5) is 0 Å². The first kappa shape index (κ1) is 68.9. The minimum Gasteiger partial charge on any atom is -0.507 e. The van der Waals surface area contributed by atoms with Crippen LogP contribution in [0.15, 0.2) is 170 Å². The standard InChI is InChI=1S/C43H41NO8.C39H33NO8/c1-5-24(25-13-9-7-10-14-25)19-32(45)37-27-17-22(3)35(39(48)29(27)20-33(46)41(37)50)36-23(4)18-28-30(40(36)49)21-34(47)42(51)38(28)43(52)44-31(6-2)26-15-11-8-12-16-26;1-20-15-24-26(17-29(42)37(46)33(24)28(41)14-13-22-9-5-3-6-10-22)35(44)31(20)32-21(2)16-25-27(36(32)45)18-30(43)38(47)34(25)39(48)40-19-23-11-7-4-8-12-23/h7-18,20-21,24,31,46-51H,5-6,19H2,1-4H3,(H,44,52);3-12,15-18,42-47H,13-14,19H2,1-2H3,(H,40,48). The Morgan fingerprint density at radius 3 is 1.06 bits per heavy atom. The Kier molecular flexibility index (Phi) is 19.5. The maximum Gasteiger partial charge on any atom is 0.256 e. The number of nitrogens with one attached hydrogen (secondary N) is 2. The van der Waals surface area contributed by atoms with Crippen LogP contribution in [0.1, 0.15) is 137 Å². The van der Waals surface area contributed by atoms with Gasteiger partial charge in [-0.3, -0.25) is 19.2 Å². The number of ketones is 2. The van der Waals surface area contributed by atoms with Gasteiger partial charge in [0.05, 0.1) is 28.3 Å². The van der Waals surface area contributed by atoms with Crippen LogP contribution in [0.25, 0.3) is 65.3 Å². The van der Waals surface area contributed by atoms with Gasteiger partial charge in [0, 0.05) is 84.7 Å². The summed E-state index contributed by atoms with van der Waals surface area (Å²) in [6, 6.07) is 48.0. The van der Waals surface area contributed by atoms with Crippen molar-refractivity contribution in [1.82, 2.24) is 10.6 Å². The average Bonchev–Trinajstić information content (AvgIpc) is 0.738. The number of fused-ring (bicyclic) bond motifs is 4. The number of rotatable bonds is 18. The second kappa shape index (κ2) is 28.3. The summed E-state index contributed by atoms with van der Waals surface area (Å²) < 4.78 is 0. The lowest BCUT2D eigenvalue weighted by molar-refractivity contribution is 0.0929. The maximum atomic E-state index is 13.9. The van der Waals surface area contributed by atoms with Crippen LogP contribution in [0.2, 0.25) is 0 Å². The predicted octanol–water partition coefficient (Wildman–Crippen LogP) is 16.4. The van der Waals surface area contributed by atoms with Crippen LogP contribution in [0, 0.1) is 27.7 Å². The fraction of sp³-hybridized carbons (Fsp3) is 0.171.